The first-order valence-corrected chi connectivity index (χ1v) is 4.59. The summed E-state index contributed by atoms with van der Waals surface area (Å²) in [5, 5.41) is 11.6. The van der Waals surface area contributed by atoms with Gasteiger partial charge < -0.3 is 10.4 Å². The van der Waals surface area contributed by atoms with Crippen LogP contribution in [0, 0.1) is 0 Å². The summed E-state index contributed by atoms with van der Waals surface area (Å²) < 4.78 is 0. The van der Waals surface area contributed by atoms with Crippen LogP contribution in [0.15, 0.2) is 24.5 Å². The van der Waals surface area contributed by atoms with Crippen LogP contribution in [0.4, 0.5) is 0 Å². The van der Waals surface area contributed by atoms with Gasteiger partial charge in [0.1, 0.15) is 0 Å². The van der Waals surface area contributed by atoms with Gasteiger partial charge in [-0.3, -0.25) is 9.78 Å². The predicted octanol–water partition coefficient (Wildman–Crippen LogP) is 0.582. The molecule has 1 amide bonds. The third-order valence-corrected chi connectivity index (χ3v) is 1.99. The maximum absolute atomic E-state index is 11.5. The van der Waals surface area contributed by atoms with E-state index in [1.165, 1.54) is 0 Å². The van der Waals surface area contributed by atoms with Crippen LogP contribution in [-0.2, 0) is 0 Å². The van der Waals surface area contributed by atoms with Gasteiger partial charge in [-0.25, -0.2) is 0 Å². The van der Waals surface area contributed by atoms with Gasteiger partial charge in [0.05, 0.1) is 12.6 Å². The Kier molecular flexibility index (Phi) is 4.07. The van der Waals surface area contributed by atoms with Crippen molar-refractivity contribution < 1.29 is 9.90 Å². The highest BCUT2D eigenvalue weighted by molar-refractivity contribution is 5.94. The van der Waals surface area contributed by atoms with Crippen molar-refractivity contribution in [3.63, 3.8) is 0 Å². The van der Waals surface area contributed by atoms with Gasteiger partial charge in [0.2, 0.25) is 0 Å². The fraction of sp³-hybridized carbons (Fsp3) is 0.400. The molecular weight excluding hydrogens is 180 g/mol. The molecule has 1 aromatic rings. The third-order valence-electron chi connectivity index (χ3n) is 1.99. The Bertz CT molecular complexity index is 283. The molecule has 1 heterocycles. The van der Waals surface area contributed by atoms with Crippen LogP contribution in [0.3, 0.4) is 0 Å². The van der Waals surface area contributed by atoms with E-state index in [2.05, 4.69) is 10.3 Å². The Balaban J connectivity index is 2.59. The molecule has 0 aromatic carbocycles. The number of nitrogens with zero attached hydrogens (tertiary/aromatic N) is 1. The molecule has 0 saturated carbocycles. The van der Waals surface area contributed by atoms with Crippen molar-refractivity contribution in [2.24, 2.45) is 0 Å². The van der Waals surface area contributed by atoms with Crippen LogP contribution >= 0.6 is 0 Å². The van der Waals surface area contributed by atoms with Gasteiger partial charge in [-0.15, -0.1) is 0 Å². The fourth-order valence-electron chi connectivity index (χ4n) is 1.05. The quantitative estimate of drug-likeness (QED) is 0.737. The highest BCUT2D eigenvalue weighted by Gasteiger charge is 2.10. The minimum atomic E-state index is -0.173. The summed E-state index contributed by atoms with van der Waals surface area (Å²) in [6, 6.07) is 3.11. The van der Waals surface area contributed by atoms with Crippen LogP contribution in [0.1, 0.15) is 23.7 Å². The van der Waals surface area contributed by atoms with Gasteiger partial charge in [0.15, 0.2) is 0 Å². The van der Waals surface area contributed by atoms with Crippen LogP contribution < -0.4 is 5.32 Å². The summed E-state index contributed by atoms with van der Waals surface area (Å²) in [5.41, 5.74) is 0.562. The lowest BCUT2D eigenvalue weighted by Crippen LogP contribution is -2.36. The highest BCUT2D eigenvalue weighted by atomic mass is 16.3. The van der Waals surface area contributed by atoms with Gasteiger partial charge in [0, 0.05) is 18.0 Å². The summed E-state index contributed by atoms with van der Waals surface area (Å²) in [6.07, 6.45) is 3.84. The summed E-state index contributed by atoms with van der Waals surface area (Å²) in [7, 11) is 0. The molecule has 0 aliphatic rings. The van der Waals surface area contributed by atoms with Crippen LogP contribution in [0.5, 0.6) is 0 Å². The lowest BCUT2D eigenvalue weighted by molar-refractivity contribution is 0.0915. The first-order valence-electron chi connectivity index (χ1n) is 4.59. The number of pyridine rings is 1. The Morgan fingerprint density at radius 3 is 2.71 bits per heavy atom. The van der Waals surface area contributed by atoms with Crippen molar-refractivity contribution in [3.05, 3.63) is 30.1 Å². The number of rotatable bonds is 4. The zero-order valence-corrected chi connectivity index (χ0v) is 8.10. The number of amides is 1. The second-order valence-corrected chi connectivity index (χ2v) is 3.00. The number of aliphatic hydroxyl groups is 1. The van der Waals surface area contributed by atoms with Crippen LogP contribution in [-0.4, -0.2) is 28.6 Å². The van der Waals surface area contributed by atoms with Gasteiger partial charge in [-0.1, -0.05) is 6.92 Å². The molecule has 0 aliphatic carbocycles. The molecule has 76 valence electrons. The number of hydrogen-bond donors (Lipinski definition) is 2. The van der Waals surface area contributed by atoms with Crippen molar-refractivity contribution in [2.75, 3.05) is 6.61 Å². The summed E-state index contributed by atoms with van der Waals surface area (Å²) >= 11 is 0. The van der Waals surface area contributed by atoms with Gasteiger partial charge in [-0.2, -0.15) is 0 Å². The van der Waals surface area contributed by atoms with Crippen molar-refractivity contribution in [3.8, 4) is 0 Å². The number of aliphatic hydroxyl groups excluding tert-OH is 1. The van der Waals surface area contributed by atoms with E-state index in [4.69, 9.17) is 5.11 Å². The predicted molar refractivity (Wildman–Crippen MR) is 52.9 cm³/mol. The number of hydrogen-bond acceptors (Lipinski definition) is 3. The minimum Gasteiger partial charge on any atom is -0.394 e. The largest absolute Gasteiger partial charge is 0.394 e. The third kappa shape index (κ3) is 2.81. The Morgan fingerprint density at radius 1 is 1.57 bits per heavy atom. The summed E-state index contributed by atoms with van der Waals surface area (Å²) in [5.74, 6) is -0.173. The Hall–Kier alpha value is -1.42. The van der Waals surface area contributed by atoms with Crippen molar-refractivity contribution in [1.82, 2.24) is 10.3 Å². The Morgan fingerprint density at radius 2 is 2.21 bits per heavy atom. The van der Waals surface area contributed by atoms with E-state index in [0.29, 0.717) is 12.0 Å². The van der Waals surface area contributed by atoms with Crippen LogP contribution in [0.2, 0.25) is 0 Å². The average Bonchev–Trinajstić information content (AvgIpc) is 2.26. The monoisotopic (exact) mass is 194 g/mol. The standard InChI is InChI=1S/C10H14N2O2/c1-2-9(7-13)12-10(14)8-3-5-11-6-4-8/h3-6,9,13H,2,7H2,1H3,(H,12,14)/t9-/m1/s1. The van der Waals surface area contributed by atoms with Crippen molar-refractivity contribution >= 4 is 5.91 Å². The molecule has 0 fully saturated rings. The van der Waals surface area contributed by atoms with Gasteiger partial charge in [-0.05, 0) is 18.6 Å². The van der Waals surface area contributed by atoms with Crippen molar-refractivity contribution in [1.29, 1.82) is 0 Å². The number of carbonyl (C=O) groups excluding carboxylic acids is 1. The van der Waals surface area contributed by atoms with Crippen LogP contribution in [0.25, 0.3) is 0 Å². The van der Waals surface area contributed by atoms with E-state index in [1.807, 2.05) is 6.92 Å². The van der Waals surface area contributed by atoms with Gasteiger partial charge in [0.25, 0.3) is 5.91 Å². The first kappa shape index (κ1) is 10.7. The van der Waals surface area contributed by atoms with E-state index >= 15 is 0 Å². The Labute approximate surface area is 83.0 Å². The molecule has 4 nitrogen and oxygen atoms in total. The SMILES string of the molecule is CC[C@H](CO)NC(=O)c1ccncc1. The van der Waals surface area contributed by atoms with Gasteiger partial charge >= 0.3 is 0 Å². The molecular formula is C10H14N2O2. The van der Waals surface area contributed by atoms with Crippen molar-refractivity contribution in [2.45, 2.75) is 19.4 Å². The maximum atomic E-state index is 11.5. The fourth-order valence-corrected chi connectivity index (χ4v) is 1.05. The molecule has 0 unspecified atom stereocenters. The zero-order chi connectivity index (χ0) is 10.4. The molecule has 0 spiro atoms. The minimum absolute atomic E-state index is 0.0344. The van der Waals surface area contributed by atoms with E-state index in [1.54, 1.807) is 24.5 Å². The van der Waals surface area contributed by atoms with E-state index in [9.17, 15) is 4.79 Å². The second-order valence-electron chi connectivity index (χ2n) is 3.00. The second kappa shape index (κ2) is 5.34. The molecule has 14 heavy (non-hydrogen) atoms. The number of aromatic nitrogens is 1. The lowest BCUT2D eigenvalue weighted by atomic mass is 10.2. The molecule has 4 heteroatoms. The average molecular weight is 194 g/mol. The smallest absolute Gasteiger partial charge is 0.251 e. The lowest BCUT2D eigenvalue weighted by Gasteiger charge is -2.13. The summed E-state index contributed by atoms with van der Waals surface area (Å²) in [4.78, 5) is 15.3. The summed E-state index contributed by atoms with van der Waals surface area (Å²) in [6.45, 7) is 1.88. The molecule has 1 rings (SSSR count). The zero-order valence-electron chi connectivity index (χ0n) is 8.10. The molecule has 0 aliphatic heterocycles. The highest BCUT2D eigenvalue weighted by Crippen LogP contribution is 1.98. The van der Waals surface area contributed by atoms with E-state index in [0.717, 1.165) is 0 Å². The maximum Gasteiger partial charge on any atom is 0.251 e. The normalized spacial score (nSPS) is 12.1. The number of carbonyl (C=O) groups is 1. The molecule has 0 radical (unpaired) electrons. The number of nitrogens with one attached hydrogen (secondary N) is 1. The molecule has 2 N–H and O–H groups in total. The topological polar surface area (TPSA) is 62.2 Å². The molecule has 1 atom stereocenters. The molecule has 0 bridgehead atoms. The first-order chi connectivity index (χ1) is 6.77. The molecule has 1 aromatic heterocycles. The van der Waals surface area contributed by atoms with E-state index in [-0.39, 0.29) is 18.6 Å². The van der Waals surface area contributed by atoms with E-state index < -0.39 is 0 Å². The molecule has 0 saturated heterocycles.